The predicted octanol–water partition coefficient (Wildman–Crippen LogP) is 1.23. The number of sulfonamides is 1. The number of nitrogens with two attached hydrogens (primary N) is 1. The van der Waals surface area contributed by atoms with Gasteiger partial charge in [0.1, 0.15) is 5.82 Å². The highest BCUT2D eigenvalue weighted by Crippen LogP contribution is 2.29. The summed E-state index contributed by atoms with van der Waals surface area (Å²) in [7, 11) is -3.48. The third kappa shape index (κ3) is 3.15. The summed E-state index contributed by atoms with van der Waals surface area (Å²) in [5.74, 6) is 0.214. The van der Waals surface area contributed by atoms with E-state index in [1.54, 1.807) is 11.8 Å². The van der Waals surface area contributed by atoms with Crippen molar-refractivity contribution in [2.75, 3.05) is 12.0 Å². The number of thioether (sulfide) groups is 1. The summed E-state index contributed by atoms with van der Waals surface area (Å²) >= 11 is 1.80. The molecule has 0 aliphatic heterocycles. The van der Waals surface area contributed by atoms with Crippen molar-refractivity contribution in [1.82, 2.24) is 9.71 Å². The van der Waals surface area contributed by atoms with Gasteiger partial charge in [0.15, 0.2) is 0 Å². The minimum atomic E-state index is -3.48. The number of anilines is 1. The number of hydrogen-bond donors (Lipinski definition) is 2. The Morgan fingerprint density at radius 2 is 2.28 bits per heavy atom. The second-order valence-corrected chi connectivity index (χ2v) is 7.26. The van der Waals surface area contributed by atoms with E-state index in [1.165, 1.54) is 18.3 Å². The quantitative estimate of drug-likeness (QED) is 0.870. The summed E-state index contributed by atoms with van der Waals surface area (Å²) in [6.07, 6.45) is 6.31. The van der Waals surface area contributed by atoms with Crippen LogP contribution in [0.15, 0.2) is 23.2 Å². The molecule has 0 bridgehead atoms. The van der Waals surface area contributed by atoms with Crippen LogP contribution in [0.25, 0.3) is 0 Å². The first-order chi connectivity index (χ1) is 8.51. The molecule has 2 atom stereocenters. The molecule has 1 saturated carbocycles. The van der Waals surface area contributed by atoms with E-state index in [0.29, 0.717) is 5.25 Å². The van der Waals surface area contributed by atoms with Crippen molar-refractivity contribution in [3.63, 3.8) is 0 Å². The van der Waals surface area contributed by atoms with Crippen molar-refractivity contribution in [3.05, 3.63) is 18.3 Å². The Morgan fingerprint density at radius 3 is 2.89 bits per heavy atom. The highest BCUT2D eigenvalue weighted by Gasteiger charge is 2.28. The van der Waals surface area contributed by atoms with Crippen LogP contribution in [0, 0.1) is 0 Å². The van der Waals surface area contributed by atoms with E-state index in [4.69, 9.17) is 5.73 Å². The average Bonchev–Trinajstić information content (AvgIpc) is 2.76. The maximum Gasteiger partial charge on any atom is 0.241 e. The molecular formula is C11H17N3O2S2. The SMILES string of the molecule is CSC1CCC(NS(=O)(=O)c2ccnc(N)c2)C1. The molecule has 0 amide bonds. The molecule has 100 valence electrons. The number of aromatic nitrogens is 1. The normalized spacial score (nSPS) is 24.3. The second-order valence-electron chi connectivity index (χ2n) is 4.41. The maximum absolute atomic E-state index is 12.1. The Hall–Kier alpha value is -0.790. The predicted molar refractivity (Wildman–Crippen MR) is 73.9 cm³/mol. The molecule has 2 rings (SSSR count). The van der Waals surface area contributed by atoms with E-state index in [-0.39, 0.29) is 16.8 Å². The van der Waals surface area contributed by atoms with Gasteiger partial charge in [-0.1, -0.05) is 0 Å². The van der Waals surface area contributed by atoms with Crippen molar-refractivity contribution in [2.24, 2.45) is 0 Å². The molecule has 3 N–H and O–H groups in total. The van der Waals surface area contributed by atoms with Crippen molar-refractivity contribution in [3.8, 4) is 0 Å². The third-order valence-electron chi connectivity index (χ3n) is 3.10. The summed E-state index contributed by atoms with van der Waals surface area (Å²) in [4.78, 5) is 3.98. The second kappa shape index (κ2) is 5.46. The fourth-order valence-corrected chi connectivity index (χ4v) is 4.25. The topological polar surface area (TPSA) is 85.1 Å². The Bertz CT molecular complexity index is 519. The van der Waals surface area contributed by atoms with Crippen LogP contribution in [0.5, 0.6) is 0 Å². The van der Waals surface area contributed by atoms with Gasteiger partial charge in [-0.25, -0.2) is 18.1 Å². The number of hydrogen-bond acceptors (Lipinski definition) is 5. The van der Waals surface area contributed by atoms with Crippen molar-refractivity contribution >= 4 is 27.6 Å². The number of rotatable bonds is 4. The van der Waals surface area contributed by atoms with Gasteiger partial charge in [0, 0.05) is 23.6 Å². The average molecular weight is 287 g/mol. The van der Waals surface area contributed by atoms with Gasteiger partial charge in [0.25, 0.3) is 0 Å². The summed E-state index contributed by atoms with van der Waals surface area (Å²) in [6.45, 7) is 0. The smallest absolute Gasteiger partial charge is 0.241 e. The van der Waals surface area contributed by atoms with Crippen LogP contribution in [0.4, 0.5) is 5.82 Å². The van der Waals surface area contributed by atoms with Gasteiger partial charge in [-0.2, -0.15) is 11.8 Å². The number of nitrogen functional groups attached to an aromatic ring is 1. The Kier molecular flexibility index (Phi) is 4.14. The summed E-state index contributed by atoms with van der Waals surface area (Å²) in [6, 6.07) is 2.87. The van der Waals surface area contributed by atoms with Crippen LogP contribution in [-0.2, 0) is 10.0 Å². The molecule has 18 heavy (non-hydrogen) atoms. The van der Waals surface area contributed by atoms with Crippen molar-refractivity contribution in [2.45, 2.75) is 35.4 Å². The monoisotopic (exact) mass is 287 g/mol. The van der Waals surface area contributed by atoms with Gasteiger partial charge in [-0.05, 0) is 31.6 Å². The molecule has 2 unspecified atom stereocenters. The lowest BCUT2D eigenvalue weighted by atomic mass is 10.3. The van der Waals surface area contributed by atoms with Crippen LogP contribution in [0.2, 0.25) is 0 Å². The lowest BCUT2D eigenvalue weighted by Crippen LogP contribution is -2.33. The third-order valence-corrected chi connectivity index (χ3v) is 5.72. The van der Waals surface area contributed by atoms with Crippen LogP contribution < -0.4 is 10.5 Å². The molecular weight excluding hydrogens is 270 g/mol. The van der Waals surface area contributed by atoms with E-state index in [2.05, 4.69) is 16.0 Å². The van der Waals surface area contributed by atoms with Crippen LogP contribution in [0.3, 0.4) is 0 Å². The maximum atomic E-state index is 12.1. The Balaban J connectivity index is 2.09. The summed E-state index contributed by atoms with van der Waals surface area (Å²) in [5.41, 5.74) is 5.50. The molecule has 0 radical (unpaired) electrons. The summed E-state index contributed by atoms with van der Waals surface area (Å²) < 4.78 is 27.0. The highest BCUT2D eigenvalue weighted by molar-refractivity contribution is 7.99. The molecule has 1 fully saturated rings. The molecule has 1 aromatic rings. The van der Waals surface area contributed by atoms with E-state index >= 15 is 0 Å². The van der Waals surface area contributed by atoms with Gasteiger partial charge < -0.3 is 5.73 Å². The van der Waals surface area contributed by atoms with E-state index in [1.807, 2.05) is 0 Å². The number of pyridine rings is 1. The molecule has 5 nitrogen and oxygen atoms in total. The lowest BCUT2D eigenvalue weighted by Gasteiger charge is -2.13. The molecule has 1 aliphatic carbocycles. The van der Waals surface area contributed by atoms with Crippen LogP contribution in [0.1, 0.15) is 19.3 Å². The number of nitrogens with zero attached hydrogens (tertiary/aromatic N) is 1. The lowest BCUT2D eigenvalue weighted by molar-refractivity contribution is 0.552. The van der Waals surface area contributed by atoms with Gasteiger partial charge in [0.05, 0.1) is 4.90 Å². The molecule has 1 heterocycles. The highest BCUT2D eigenvalue weighted by atomic mass is 32.2. The Labute approximate surface area is 112 Å². The van der Waals surface area contributed by atoms with Gasteiger partial charge in [-0.3, -0.25) is 0 Å². The molecule has 1 aromatic heterocycles. The van der Waals surface area contributed by atoms with E-state index in [9.17, 15) is 8.42 Å². The fourth-order valence-electron chi connectivity index (χ4n) is 2.14. The molecule has 0 aromatic carbocycles. The van der Waals surface area contributed by atoms with Crippen LogP contribution >= 0.6 is 11.8 Å². The Morgan fingerprint density at radius 1 is 1.50 bits per heavy atom. The number of nitrogens with one attached hydrogen (secondary N) is 1. The molecule has 0 saturated heterocycles. The molecule has 0 spiro atoms. The van der Waals surface area contributed by atoms with Gasteiger partial charge >= 0.3 is 0 Å². The molecule has 1 aliphatic rings. The minimum Gasteiger partial charge on any atom is -0.384 e. The zero-order valence-corrected chi connectivity index (χ0v) is 11.8. The first-order valence-electron chi connectivity index (χ1n) is 5.78. The fraction of sp³-hybridized carbons (Fsp3) is 0.545. The largest absolute Gasteiger partial charge is 0.384 e. The summed E-state index contributed by atoms with van der Waals surface area (Å²) in [5, 5.41) is 0.556. The van der Waals surface area contributed by atoms with E-state index < -0.39 is 10.0 Å². The van der Waals surface area contributed by atoms with Crippen molar-refractivity contribution < 1.29 is 8.42 Å². The van der Waals surface area contributed by atoms with Gasteiger partial charge in [0.2, 0.25) is 10.0 Å². The zero-order chi connectivity index (χ0) is 13.2. The zero-order valence-electron chi connectivity index (χ0n) is 10.2. The van der Waals surface area contributed by atoms with Crippen LogP contribution in [-0.4, -0.2) is 30.9 Å². The minimum absolute atomic E-state index is 0.0295. The van der Waals surface area contributed by atoms with Gasteiger partial charge in [-0.15, -0.1) is 0 Å². The molecule has 7 heteroatoms. The first-order valence-corrected chi connectivity index (χ1v) is 8.55. The standard InChI is InChI=1S/C11H17N3O2S2/c1-17-9-3-2-8(6-9)14-18(15,16)10-4-5-13-11(12)7-10/h4-5,7-9,14H,2-3,6H2,1H3,(H2,12,13). The van der Waals surface area contributed by atoms with E-state index in [0.717, 1.165) is 19.3 Å². The first kappa shape index (κ1) is 13.6. The van der Waals surface area contributed by atoms with Crippen molar-refractivity contribution in [1.29, 1.82) is 0 Å².